The van der Waals surface area contributed by atoms with Crippen molar-refractivity contribution in [2.24, 2.45) is 0 Å². The van der Waals surface area contributed by atoms with E-state index >= 15 is 0 Å². The summed E-state index contributed by atoms with van der Waals surface area (Å²) >= 11 is 0. The van der Waals surface area contributed by atoms with Gasteiger partial charge in [0.25, 0.3) is 0 Å². The molecule has 0 aliphatic heterocycles. The van der Waals surface area contributed by atoms with Crippen LogP contribution in [-0.2, 0) is 16.4 Å². The first-order valence-electron chi connectivity index (χ1n) is 10.2. The van der Waals surface area contributed by atoms with Gasteiger partial charge in [0.15, 0.2) is 11.5 Å². The number of hydrogen-bond donors (Lipinski definition) is 0. The van der Waals surface area contributed by atoms with Gasteiger partial charge in [0.05, 0.1) is 37.1 Å². The molecule has 0 bridgehead atoms. The normalized spacial score (nSPS) is 11.4. The van der Waals surface area contributed by atoms with Crippen LogP contribution < -0.4 is 19.6 Å². The van der Waals surface area contributed by atoms with E-state index in [1.54, 1.807) is 22.8 Å². The van der Waals surface area contributed by atoms with Crippen molar-refractivity contribution < 1.29 is 27.0 Å². The van der Waals surface area contributed by atoms with Crippen molar-refractivity contribution in [3.8, 4) is 17.2 Å². The Morgan fingerprint density at radius 1 is 0.853 bits per heavy atom. The van der Waals surface area contributed by atoms with Crippen LogP contribution in [0.25, 0.3) is 10.9 Å². The predicted octanol–water partition coefficient (Wildman–Crippen LogP) is 4.05. The van der Waals surface area contributed by atoms with E-state index in [0.29, 0.717) is 28.3 Å². The minimum Gasteiger partial charge on any atom is -0.497 e. The van der Waals surface area contributed by atoms with E-state index in [1.807, 2.05) is 0 Å². The number of methoxy groups -OCH3 is 3. The Labute approximate surface area is 195 Å². The van der Waals surface area contributed by atoms with Crippen LogP contribution in [0.15, 0.2) is 81.4 Å². The molecule has 3 aromatic carbocycles. The Morgan fingerprint density at radius 2 is 1.47 bits per heavy atom. The van der Waals surface area contributed by atoms with Crippen molar-refractivity contribution >= 4 is 20.7 Å². The highest BCUT2D eigenvalue weighted by Gasteiger charge is 2.25. The molecule has 0 amide bonds. The summed E-state index contributed by atoms with van der Waals surface area (Å²) in [5, 5.41) is 0.148. The minimum atomic E-state index is -4.16. The molecule has 0 unspecified atom stereocenters. The Bertz CT molecular complexity index is 1510. The van der Waals surface area contributed by atoms with Gasteiger partial charge in [-0.05, 0) is 48.0 Å². The molecular weight excluding hydrogens is 461 g/mol. The molecule has 4 rings (SSSR count). The van der Waals surface area contributed by atoms with Crippen molar-refractivity contribution in [3.05, 3.63) is 88.5 Å². The molecule has 9 heteroatoms. The highest BCUT2D eigenvalue weighted by atomic mass is 32.2. The second-order valence-corrected chi connectivity index (χ2v) is 9.40. The predicted molar refractivity (Wildman–Crippen MR) is 125 cm³/mol. The van der Waals surface area contributed by atoms with Gasteiger partial charge in [0.2, 0.25) is 15.3 Å². The smallest absolute Gasteiger partial charge is 0.211 e. The Morgan fingerprint density at radius 3 is 2.06 bits per heavy atom. The van der Waals surface area contributed by atoms with Gasteiger partial charge >= 0.3 is 0 Å². The Hall–Kier alpha value is -3.85. The van der Waals surface area contributed by atoms with Crippen molar-refractivity contribution in [2.75, 3.05) is 21.3 Å². The molecule has 7 nitrogen and oxygen atoms in total. The molecule has 0 saturated carbocycles. The van der Waals surface area contributed by atoms with Crippen LogP contribution in [0.3, 0.4) is 0 Å². The van der Waals surface area contributed by atoms with Crippen molar-refractivity contribution in [1.29, 1.82) is 0 Å². The summed E-state index contributed by atoms with van der Waals surface area (Å²) < 4.78 is 57.8. The van der Waals surface area contributed by atoms with E-state index in [4.69, 9.17) is 14.2 Å². The van der Waals surface area contributed by atoms with E-state index in [9.17, 15) is 17.6 Å². The molecular formula is C25H22FNO6S. The number of nitrogens with zero attached hydrogens (tertiary/aromatic N) is 1. The molecule has 176 valence electrons. The van der Waals surface area contributed by atoms with E-state index < -0.39 is 15.3 Å². The Kier molecular flexibility index (Phi) is 6.30. The number of pyridine rings is 1. The van der Waals surface area contributed by atoms with Gasteiger partial charge in [-0.1, -0.05) is 12.1 Å². The van der Waals surface area contributed by atoms with Crippen molar-refractivity contribution in [1.82, 2.24) is 4.57 Å². The van der Waals surface area contributed by atoms with Gasteiger partial charge in [0.1, 0.15) is 16.5 Å². The molecule has 0 saturated heterocycles. The number of fused-ring (bicyclic) bond motifs is 1. The maximum Gasteiger partial charge on any atom is 0.211 e. The molecule has 34 heavy (non-hydrogen) atoms. The van der Waals surface area contributed by atoms with Crippen LogP contribution in [0.1, 0.15) is 5.56 Å². The van der Waals surface area contributed by atoms with Gasteiger partial charge < -0.3 is 18.8 Å². The Balaban J connectivity index is 1.98. The molecule has 0 fully saturated rings. The number of rotatable bonds is 7. The van der Waals surface area contributed by atoms with Crippen LogP contribution in [0.5, 0.6) is 17.2 Å². The molecule has 1 heterocycles. The van der Waals surface area contributed by atoms with Crippen molar-refractivity contribution in [2.45, 2.75) is 16.3 Å². The SMILES string of the molecule is COc1ccc(S(=O)(=O)c2cn(Cc3ccc(F)cc3)c3cc(OC)c(OC)cc3c2=O)cc1. The average molecular weight is 484 g/mol. The monoisotopic (exact) mass is 483 g/mol. The summed E-state index contributed by atoms with van der Waals surface area (Å²) in [6.45, 7) is 0.192. The number of sulfone groups is 1. The highest BCUT2D eigenvalue weighted by Crippen LogP contribution is 2.32. The first-order chi connectivity index (χ1) is 16.3. The lowest BCUT2D eigenvalue weighted by atomic mass is 10.1. The van der Waals surface area contributed by atoms with Gasteiger partial charge in [-0.25, -0.2) is 12.8 Å². The van der Waals surface area contributed by atoms with E-state index in [0.717, 1.165) is 0 Å². The molecule has 0 aliphatic carbocycles. The molecule has 4 aromatic rings. The number of benzene rings is 3. The largest absolute Gasteiger partial charge is 0.497 e. The lowest BCUT2D eigenvalue weighted by Gasteiger charge is -2.16. The number of aromatic nitrogens is 1. The summed E-state index contributed by atoms with van der Waals surface area (Å²) in [5.74, 6) is 0.776. The molecule has 1 aromatic heterocycles. The molecule has 0 radical (unpaired) electrons. The van der Waals surface area contributed by atoms with Gasteiger partial charge in [-0.15, -0.1) is 0 Å². The lowest BCUT2D eigenvalue weighted by Crippen LogP contribution is -2.20. The van der Waals surface area contributed by atoms with Crippen molar-refractivity contribution in [3.63, 3.8) is 0 Å². The fourth-order valence-electron chi connectivity index (χ4n) is 3.68. The molecule has 0 spiro atoms. The number of halogens is 1. The fraction of sp³-hybridized carbons (Fsp3) is 0.160. The van der Waals surface area contributed by atoms with Crippen LogP contribution in [0.2, 0.25) is 0 Å². The average Bonchev–Trinajstić information content (AvgIpc) is 2.86. The zero-order valence-corrected chi connectivity index (χ0v) is 19.6. The van der Waals surface area contributed by atoms with Crippen LogP contribution in [-0.4, -0.2) is 34.3 Å². The minimum absolute atomic E-state index is 0.0430. The number of ether oxygens (including phenoxy) is 3. The second kappa shape index (κ2) is 9.18. The number of hydrogen-bond acceptors (Lipinski definition) is 6. The fourth-order valence-corrected chi connectivity index (χ4v) is 5.05. The lowest BCUT2D eigenvalue weighted by molar-refractivity contribution is 0.355. The molecule has 0 atom stereocenters. The van der Waals surface area contributed by atoms with Crippen LogP contribution >= 0.6 is 0 Å². The zero-order valence-electron chi connectivity index (χ0n) is 18.7. The summed E-state index contributed by atoms with van der Waals surface area (Å²) in [6.07, 6.45) is 1.31. The first-order valence-corrected chi connectivity index (χ1v) is 11.7. The van der Waals surface area contributed by atoms with Crippen LogP contribution in [0, 0.1) is 5.82 Å². The van der Waals surface area contributed by atoms with Gasteiger partial charge in [-0.2, -0.15) is 0 Å². The third kappa shape index (κ3) is 4.22. The quantitative estimate of drug-likeness (QED) is 0.394. The maximum absolute atomic E-state index is 13.5. The summed E-state index contributed by atoms with van der Waals surface area (Å²) in [4.78, 5) is 13.0. The highest BCUT2D eigenvalue weighted by molar-refractivity contribution is 7.91. The topological polar surface area (TPSA) is 83.8 Å². The maximum atomic E-state index is 13.5. The first kappa shape index (κ1) is 23.3. The van der Waals surface area contributed by atoms with Gasteiger partial charge in [-0.3, -0.25) is 4.79 Å². The summed E-state index contributed by atoms with van der Waals surface area (Å²) in [6, 6.07) is 14.7. The molecule has 0 N–H and O–H groups in total. The van der Waals surface area contributed by atoms with E-state index in [2.05, 4.69) is 0 Å². The van der Waals surface area contributed by atoms with Gasteiger partial charge in [0, 0.05) is 18.8 Å². The summed E-state index contributed by atoms with van der Waals surface area (Å²) in [5.41, 5.74) is 0.497. The van der Waals surface area contributed by atoms with E-state index in [1.165, 1.54) is 70.0 Å². The zero-order chi connectivity index (χ0) is 24.5. The standard InChI is InChI=1S/C25H22FNO6S/c1-31-18-8-10-19(11-9-18)34(29,30)24-15-27(14-16-4-6-17(26)7-5-16)21-13-23(33-3)22(32-2)12-20(21)25(24)28/h4-13,15H,14H2,1-3H3. The molecule has 0 aliphatic rings. The summed E-state index contributed by atoms with van der Waals surface area (Å²) in [7, 11) is 0.207. The second-order valence-electron chi connectivity index (χ2n) is 7.48. The van der Waals surface area contributed by atoms with E-state index in [-0.39, 0.29) is 27.5 Å². The van der Waals surface area contributed by atoms with Crippen LogP contribution in [0.4, 0.5) is 4.39 Å². The third-order valence-corrected chi connectivity index (χ3v) is 7.24. The third-order valence-electron chi connectivity index (χ3n) is 5.48.